The van der Waals surface area contributed by atoms with E-state index in [0.29, 0.717) is 11.5 Å². The molecule has 3 heterocycles. The summed E-state index contributed by atoms with van der Waals surface area (Å²) in [6.07, 6.45) is 6.66. The van der Waals surface area contributed by atoms with Crippen LogP contribution >= 0.6 is 11.3 Å². The zero-order valence-corrected chi connectivity index (χ0v) is 12.4. The Morgan fingerprint density at radius 1 is 1.38 bits per heavy atom. The fourth-order valence-electron chi connectivity index (χ4n) is 1.91. The van der Waals surface area contributed by atoms with Gasteiger partial charge in [-0.15, -0.1) is 11.3 Å². The van der Waals surface area contributed by atoms with Crippen molar-refractivity contribution in [3.63, 3.8) is 0 Å². The summed E-state index contributed by atoms with van der Waals surface area (Å²) in [5.74, 6) is 5.47. The van der Waals surface area contributed by atoms with E-state index in [2.05, 4.69) is 20.1 Å². The number of hydrazine groups is 1. The van der Waals surface area contributed by atoms with E-state index in [-0.39, 0.29) is 17.4 Å². The van der Waals surface area contributed by atoms with Crippen LogP contribution in [0.25, 0.3) is 4.96 Å². The minimum absolute atomic E-state index is 0.00637. The number of rotatable bonds is 6. The van der Waals surface area contributed by atoms with Crippen LogP contribution in [0, 0.1) is 0 Å². The summed E-state index contributed by atoms with van der Waals surface area (Å²) in [6.45, 7) is 0.719. The molecule has 0 aliphatic heterocycles. The van der Waals surface area contributed by atoms with Crippen LogP contribution in [0.15, 0.2) is 35.3 Å². The van der Waals surface area contributed by atoms with E-state index in [1.807, 2.05) is 0 Å². The average molecular weight is 327 g/mol. The second-order valence-electron chi connectivity index (χ2n) is 4.16. The number of nitrogens with one attached hydrogen (secondary N) is 2. The van der Waals surface area contributed by atoms with Crippen molar-refractivity contribution in [2.75, 3.05) is 12.0 Å². The van der Waals surface area contributed by atoms with Gasteiger partial charge in [-0.3, -0.25) is 4.40 Å². The van der Waals surface area contributed by atoms with Crippen LogP contribution in [0.2, 0.25) is 0 Å². The molecule has 9 nitrogen and oxygen atoms in total. The molecule has 0 aliphatic carbocycles. The Bertz CT molecular complexity index is 834. The highest BCUT2D eigenvalue weighted by atomic mass is 32.2. The number of fused-ring (bicyclic) bond motifs is 1. The van der Waals surface area contributed by atoms with Gasteiger partial charge in [0.1, 0.15) is 0 Å². The van der Waals surface area contributed by atoms with Gasteiger partial charge in [0.05, 0.1) is 6.33 Å². The molecule has 4 N–H and O–H groups in total. The molecule has 0 bridgehead atoms. The van der Waals surface area contributed by atoms with Crippen LogP contribution in [0.1, 0.15) is 0 Å². The second kappa shape index (κ2) is 5.44. The van der Waals surface area contributed by atoms with E-state index in [1.165, 1.54) is 15.7 Å². The number of imidazole rings is 2. The second-order valence-corrected chi connectivity index (χ2v) is 6.72. The Kier molecular flexibility index (Phi) is 3.63. The third kappa shape index (κ3) is 2.63. The summed E-state index contributed by atoms with van der Waals surface area (Å²) in [5, 5.41) is 1.76. The molecule has 3 rings (SSSR count). The van der Waals surface area contributed by atoms with E-state index >= 15 is 0 Å². The van der Waals surface area contributed by atoms with Crippen molar-refractivity contribution in [3.05, 3.63) is 30.3 Å². The van der Waals surface area contributed by atoms with Crippen molar-refractivity contribution >= 4 is 32.1 Å². The molecule has 21 heavy (non-hydrogen) atoms. The first-order valence-electron chi connectivity index (χ1n) is 5.99. The lowest BCUT2D eigenvalue weighted by Gasteiger charge is -2.08. The summed E-state index contributed by atoms with van der Waals surface area (Å²) in [5.41, 5.74) is 2.32. The molecule has 112 valence electrons. The number of thiazole rings is 1. The van der Waals surface area contributed by atoms with Gasteiger partial charge in [-0.05, 0) is 0 Å². The normalized spacial score (nSPS) is 12.0. The largest absolute Gasteiger partial charge is 0.336 e. The predicted octanol–water partition coefficient (Wildman–Crippen LogP) is -0.144. The lowest BCUT2D eigenvalue weighted by Crippen LogP contribution is -2.29. The molecule has 0 radical (unpaired) electrons. The number of nitrogen functional groups attached to an aromatic ring is 1. The SMILES string of the molecule is NNc1nc2sccn2c1S(=O)(=O)NCCn1ccnc1. The molecule has 0 amide bonds. The molecule has 0 aromatic carbocycles. The Hall–Kier alpha value is -1.95. The Morgan fingerprint density at radius 3 is 2.95 bits per heavy atom. The number of hydrogen-bond donors (Lipinski definition) is 3. The van der Waals surface area contributed by atoms with E-state index in [4.69, 9.17) is 5.84 Å². The lowest BCUT2D eigenvalue weighted by atomic mass is 10.6. The van der Waals surface area contributed by atoms with Crippen LogP contribution in [0.4, 0.5) is 5.82 Å². The Labute approximate surface area is 124 Å². The summed E-state index contributed by atoms with van der Waals surface area (Å²) in [6, 6.07) is 0. The topological polar surface area (TPSA) is 119 Å². The lowest BCUT2D eigenvalue weighted by molar-refractivity contribution is 0.568. The van der Waals surface area contributed by atoms with Crippen LogP contribution < -0.4 is 16.0 Å². The van der Waals surface area contributed by atoms with Crippen LogP contribution in [-0.2, 0) is 16.6 Å². The third-order valence-corrected chi connectivity index (χ3v) is 5.07. The standard InChI is InChI=1S/C10H13N7O2S2/c11-15-8-9(17-5-6-20-10(17)14-8)21(18,19)13-2-4-16-3-1-12-7-16/h1,3,5-7,13,15H,2,4,11H2. The van der Waals surface area contributed by atoms with Crippen molar-refractivity contribution in [2.24, 2.45) is 5.84 Å². The molecule has 3 aromatic rings. The molecule has 0 aliphatic rings. The zero-order valence-electron chi connectivity index (χ0n) is 10.8. The quantitative estimate of drug-likeness (QED) is 0.428. The summed E-state index contributed by atoms with van der Waals surface area (Å²) in [4.78, 5) is 8.58. The van der Waals surface area contributed by atoms with Crippen molar-refractivity contribution in [1.29, 1.82) is 0 Å². The molecule has 0 spiro atoms. The van der Waals surface area contributed by atoms with Gasteiger partial charge in [-0.1, -0.05) is 0 Å². The number of aromatic nitrogens is 4. The maximum atomic E-state index is 12.4. The number of nitrogens with two attached hydrogens (primary N) is 1. The van der Waals surface area contributed by atoms with Crippen molar-refractivity contribution < 1.29 is 8.42 Å². The van der Waals surface area contributed by atoms with Gasteiger partial charge in [0.25, 0.3) is 10.0 Å². The monoisotopic (exact) mass is 327 g/mol. The van der Waals surface area contributed by atoms with Crippen molar-refractivity contribution in [1.82, 2.24) is 23.7 Å². The van der Waals surface area contributed by atoms with Crippen LogP contribution in [-0.4, -0.2) is 33.9 Å². The van der Waals surface area contributed by atoms with Gasteiger partial charge in [0.2, 0.25) is 5.03 Å². The molecule has 11 heteroatoms. The first-order valence-corrected chi connectivity index (χ1v) is 8.35. The molecule has 0 saturated heterocycles. The van der Waals surface area contributed by atoms with E-state index in [1.54, 1.807) is 34.9 Å². The molecule has 3 aromatic heterocycles. The number of sulfonamides is 1. The van der Waals surface area contributed by atoms with Crippen LogP contribution in [0.5, 0.6) is 0 Å². The highest BCUT2D eigenvalue weighted by Gasteiger charge is 2.25. The van der Waals surface area contributed by atoms with Crippen molar-refractivity contribution in [3.8, 4) is 0 Å². The molecular weight excluding hydrogens is 314 g/mol. The Morgan fingerprint density at radius 2 is 2.24 bits per heavy atom. The Balaban J connectivity index is 1.84. The van der Waals surface area contributed by atoms with Crippen LogP contribution in [0.3, 0.4) is 0 Å². The molecule has 0 fully saturated rings. The smallest absolute Gasteiger partial charge is 0.260 e. The number of hydrogen-bond acceptors (Lipinski definition) is 7. The van der Waals surface area contributed by atoms with Gasteiger partial charge < -0.3 is 9.99 Å². The molecule has 0 unspecified atom stereocenters. The van der Waals surface area contributed by atoms with Gasteiger partial charge in [0.15, 0.2) is 10.8 Å². The summed E-state index contributed by atoms with van der Waals surface area (Å²) >= 11 is 1.33. The highest BCUT2D eigenvalue weighted by molar-refractivity contribution is 7.89. The van der Waals surface area contributed by atoms with E-state index in [9.17, 15) is 8.42 Å². The average Bonchev–Trinajstić information content (AvgIpc) is 3.13. The summed E-state index contributed by atoms with van der Waals surface area (Å²) < 4.78 is 30.6. The minimum atomic E-state index is -3.73. The van der Waals surface area contributed by atoms with Gasteiger partial charge in [-0.25, -0.2) is 24.0 Å². The maximum Gasteiger partial charge on any atom is 0.260 e. The fourth-order valence-corrected chi connectivity index (χ4v) is 3.95. The van der Waals surface area contributed by atoms with E-state index in [0.717, 1.165) is 0 Å². The van der Waals surface area contributed by atoms with E-state index < -0.39 is 10.0 Å². The first kappa shape index (κ1) is 14.0. The fraction of sp³-hybridized carbons (Fsp3) is 0.200. The summed E-state index contributed by atoms with van der Waals surface area (Å²) in [7, 11) is -3.73. The zero-order chi connectivity index (χ0) is 14.9. The molecule has 0 saturated carbocycles. The number of nitrogens with zero attached hydrogens (tertiary/aromatic N) is 4. The molecular formula is C10H13N7O2S2. The van der Waals surface area contributed by atoms with Gasteiger partial charge in [0, 0.05) is 37.1 Å². The number of anilines is 1. The first-order chi connectivity index (χ1) is 10.1. The van der Waals surface area contributed by atoms with Gasteiger partial charge >= 0.3 is 0 Å². The molecule has 0 atom stereocenters. The third-order valence-electron chi connectivity index (χ3n) is 2.83. The highest BCUT2D eigenvalue weighted by Crippen LogP contribution is 2.24. The maximum absolute atomic E-state index is 12.4. The van der Waals surface area contributed by atoms with Crippen molar-refractivity contribution in [2.45, 2.75) is 11.6 Å². The predicted molar refractivity (Wildman–Crippen MR) is 78.3 cm³/mol. The van der Waals surface area contributed by atoms with Gasteiger partial charge in [-0.2, -0.15) is 4.98 Å². The minimum Gasteiger partial charge on any atom is -0.336 e.